The molecule has 0 fully saturated rings. The van der Waals surface area contributed by atoms with E-state index in [2.05, 4.69) is 16.0 Å². The van der Waals surface area contributed by atoms with Gasteiger partial charge in [-0.05, 0) is 24.3 Å². The number of furan rings is 1. The fraction of sp³-hybridized carbons (Fsp3) is 0.188. The highest BCUT2D eigenvalue weighted by Gasteiger charge is 2.10. The molecule has 0 atom stereocenters. The molecule has 2 heterocycles. The molecule has 0 unspecified atom stereocenters. The number of para-hydroxylation sites is 1. The van der Waals surface area contributed by atoms with E-state index >= 15 is 0 Å². The molecule has 2 aromatic heterocycles. The third-order valence-electron chi connectivity index (χ3n) is 3.27. The molecule has 0 aliphatic rings. The molecule has 0 N–H and O–H groups in total. The average molecular weight is 287 g/mol. The van der Waals surface area contributed by atoms with Gasteiger partial charge in [0.05, 0.1) is 29.9 Å². The van der Waals surface area contributed by atoms with E-state index in [0.29, 0.717) is 12.4 Å². The molecule has 20 heavy (non-hydrogen) atoms. The summed E-state index contributed by atoms with van der Waals surface area (Å²) in [6.07, 6.45) is 1.69. The van der Waals surface area contributed by atoms with Crippen molar-refractivity contribution in [2.45, 2.75) is 12.4 Å². The molecular weight excluding hydrogens is 272 g/mol. The van der Waals surface area contributed by atoms with Gasteiger partial charge in [-0.25, -0.2) is 0 Å². The Labute approximate surface area is 122 Å². The molecule has 3 aromatic rings. The molecule has 3 rings (SSSR count). The second-order valence-corrected chi connectivity index (χ2v) is 4.99. The number of hydrogen-bond acceptors (Lipinski definition) is 3. The second-order valence-electron chi connectivity index (χ2n) is 4.72. The zero-order chi connectivity index (χ0) is 13.9. The summed E-state index contributed by atoms with van der Waals surface area (Å²) in [5, 5.41) is 1.12. The first-order chi connectivity index (χ1) is 9.78. The van der Waals surface area contributed by atoms with Gasteiger partial charge in [0, 0.05) is 18.1 Å². The molecule has 0 saturated heterocycles. The van der Waals surface area contributed by atoms with Gasteiger partial charge in [0.25, 0.3) is 0 Å². The van der Waals surface area contributed by atoms with Crippen LogP contribution in [0.15, 0.2) is 53.1 Å². The first-order valence-corrected chi connectivity index (χ1v) is 6.99. The SMILES string of the molecule is CN(Cc1ccco1)c1cc(CCl)nc2ccccc12. The number of rotatable bonds is 4. The number of fused-ring (bicyclic) bond motifs is 1. The van der Waals surface area contributed by atoms with Crippen LogP contribution < -0.4 is 4.90 Å². The number of benzene rings is 1. The number of hydrogen-bond donors (Lipinski definition) is 0. The lowest BCUT2D eigenvalue weighted by atomic mass is 10.1. The topological polar surface area (TPSA) is 29.3 Å². The van der Waals surface area contributed by atoms with E-state index in [9.17, 15) is 0 Å². The summed E-state index contributed by atoms with van der Waals surface area (Å²) in [6, 6.07) is 14.0. The molecule has 0 aliphatic carbocycles. The van der Waals surface area contributed by atoms with Crippen LogP contribution in [0.1, 0.15) is 11.5 Å². The summed E-state index contributed by atoms with van der Waals surface area (Å²) < 4.78 is 5.41. The molecule has 4 heteroatoms. The zero-order valence-corrected chi connectivity index (χ0v) is 12.0. The monoisotopic (exact) mass is 286 g/mol. The van der Waals surface area contributed by atoms with E-state index < -0.39 is 0 Å². The second kappa shape index (κ2) is 5.55. The van der Waals surface area contributed by atoms with Crippen molar-refractivity contribution < 1.29 is 4.42 Å². The van der Waals surface area contributed by atoms with E-state index in [0.717, 1.165) is 28.0 Å². The third kappa shape index (κ3) is 2.49. The van der Waals surface area contributed by atoms with Gasteiger partial charge in [0.1, 0.15) is 5.76 Å². The normalized spacial score (nSPS) is 10.9. The van der Waals surface area contributed by atoms with Gasteiger partial charge < -0.3 is 9.32 Å². The number of pyridine rings is 1. The van der Waals surface area contributed by atoms with Crippen LogP contribution in [0.3, 0.4) is 0 Å². The highest BCUT2D eigenvalue weighted by Crippen LogP contribution is 2.27. The fourth-order valence-corrected chi connectivity index (χ4v) is 2.45. The van der Waals surface area contributed by atoms with Crippen LogP contribution in [0.25, 0.3) is 10.9 Å². The van der Waals surface area contributed by atoms with Crippen LogP contribution in [-0.4, -0.2) is 12.0 Å². The smallest absolute Gasteiger partial charge is 0.123 e. The highest BCUT2D eigenvalue weighted by atomic mass is 35.5. The largest absolute Gasteiger partial charge is 0.467 e. The van der Waals surface area contributed by atoms with Gasteiger partial charge in [-0.2, -0.15) is 0 Å². The molecule has 3 nitrogen and oxygen atoms in total. The van der Waals surface area contributed by atoms with E-state index in [1.807, 2.05) is 43.4 Å². The molecule has 0 aliphatic heterocycles. The summed E-state index contributed by atoms with van der Waals surface area (Å²) in [5.74, 6) is 1.34. The van der Waals surface area contributed by atoms with Crippen molar-refractivity contribution in [1.29, 1.82) is 0 Å². The molecular formula is C16H15ClN2O. The van der Waals surface area contributed by atoms with Crippen molar-refractivity contribution in [1.82, 2.24) is 4.98 Å². The van der Waals surface area contributed by atoms with Crippen LogP contribution in [0.4, 0.5) is 5.69 Å². The van der Waals surface area contributed by atoms with Crippen molar-refractivity contribution in [2.75, 3.05) is 11.9 Å². The van der Waals surface area contributed by atoms with Gasteiger partial charge in [-0.15, -0.1) is 11.6 Å². The van der Waals surface area contributed by atoms with Gasteiger partial charge >= 0.3 is 0 Å². The maximum atomic E-state index is 5.95. The van der Waals surface area contributed by atoms with Crippen molar-refractivity contribution in [2.24, 2.45) is 0 Å². The quantitative estimate of drug-likeness (QED) is 0.673. The fourth-order valence-electron chi connectivity index (χ4n) is 2.32. The lowest BCUT2D eigenvalue weighted by Gasteiger charge is -2.20. The number of halogens is 1. The minimum Gasteiger partial charge on any atom is -0.467 e. The van der Waals surface area contributed by atoms with Gasteiger partial charge in [-0.3, -0.25) is 4.98 Å². The van der Waals surface area contributed by atoms with E-state index in [4.69, 9.17) is 16.0 Å². The summed E-state index contributed by atoms with van der Waals surface area (Å²) in [5.41, 5.74) is 2.96. The first kappa shape index (κ1) is 13.0. The molecule has 0 saturated carbocycles. The summed E-state index contributed by atoms with van der Waals surface area (Å²) >= 11 is 5.95. The average Bonchev–Trinajstić information content (AvgIpc) is 2.98. The molecule has 0 bridgehead atoms. The zero-order valence-electron chi connectivity index (χ0n) is 11.2. The Morgan fingerprint density at radius 2 is 2.05 bits per heavy atom. The maximum absolute atomic E-state index is 5.95. The standard InChI is InChI=1S/C16H15ClN2O/c1-19(11-13-5-4-8-20-13)16-9-12(10-17)18-15-7-3-2-6-14(15)16/h2-9H,10-11H2,1H3. The van der Waals surface area contributed by atoms with Crippen molar-refractivity contribution in [3.05, 3.63) is 60.2 Å². The Morgan fingerprint density at radius 1 is 1.20 bits per heavy atom. The number of anilines is 1. The van der Waals surface area contributed by atoms with E-state index in [-0.39, 0.29) is 0 Å². The Morgan fingerprint density at radius 3 is 2.80 bits per heavy atom. The highest BCUT2D eigenvalue weighted by molar-refractivity contribution is 6.17. The van der Waals surface area contributed by atoms with Crippen molar-refractivity contribution in [3.63, 3.8) is 0 Å². The number of aromatic nitrogens is 1. The minimum atomic E-state index is 0.409. The Kier molecular flexibility index (Phi) is 3.61. The van der Waals surface area contributed by atoms with Crippen LogP contribution in [0, 0.1) is 0 Å². The minimum absolute atomic E-state index is 0.409. The Bertz CT molecular complexity index is 710. The van der Waals surface area contributed by atoms with Gasteiger partial charge in [-0.1, -0.05) is 18.2 Å². The third-order valence-corrected chi connectivity index (χ3v) is 3.54. The molecule has 0 amide bonds. The lowest BCUT2D eigenvalue weighted by molar-refractivity contribution is 0.508. The first-order valence-electron chi connectivity index (χ1n) is 6.46. The van der Waals surface area contributed by atoms with Crippen LogP contribution in [0.2, 0.25) is 0 Å². The van der Waals surface area contributed by atoms with Gasteiger partial charge in [0.2, 0.25) is 0 Å². The molecule has 1 aromatic carbocycles. The molecule has 102 valence electrons. The maximum Gasteiger partial charge on any atom is 0.123 e. The summed E-state index contributed by atoms with van der Waals surface area (Å²) in [4.78, 5) is 6.70. The van der Waals surface area contributed by atoms with Crippen molar-refractivity contribution in [3.8, 4) is 0 Å². The van der Waals surface area contributed by atoms with Crippen molar-refractivity contribution >= 4 is 28.2 Å². The van der Waals surface area contributed by atoms with Crippen LogP contribution >= 0.6 is 11.6 Å². The lowest BCUT2D eigenvalue weighted by Crippen LogP contribution is -2.16. The number of alkyl halides is 1. The van der Waals surface area contributed by atoms with E-state index in [1.165, 1.54) is 0 Å². The molecule has 0 spiro atoms. The van der Waals surface area contributed by atoms with Crippen LogP contribution in [0.5, 0.6) is 0 Å². The molecule has 0 radical (unpaired) electrons. The van der Waals surface area contributed by atoms with E-state index in [1.54, 1.807) is 6.26 Å². The predicted molar refractivity (Wildman–Crippen MR) is 82.1 cm³/mol. The summed E-state index contributed by atoms with van der Waals surface area (Å²) in [7, 11) is 2.04. The number of nitrogens with zero attached hydrogens (tertiary/aromatic N) is 2. The van der Waals surface area contributed by atoms with Gasteiger partial charge in [0.15, 0.2) is 0 Å². The predicted octanol–water partition coefficient (Wildman–Crippen LogP) is 4.20. The Hall–Kier alpha value is -2.00. The van der Waals surface area contributed by atoms with Crippen LogP contribution in [-0.2, 0) is 12.4 Å². The Balaban J connectivity index is 2.04. The summed E-state index contributed by atoms with van der Waals surface area (Å²) in [6.45, 7) is 0.711.